The molecule has 1 heterocycles. The number of hydrogen-bond acceptors (Lipinski definition) is 3. The molecular formula is C12H12N2O2. The second-order valence-corrected chi connectivity index (χ2v) is 3.43. The smallest absolute Gasteiger partial charge is 0.150 e. The maximum Gasteiger partial charge on any atom is 0.150 e. The fourth-order valence-electron chi connectivity index (χ4n) is 1.57. The second kappa shape index (κ2) is 4.18. The lowest BCUT2D eigenvalue weighted by molar-refractivity contribution is 0.112. The molecule has 0 saturated carbocycles. The molecule has 0 bridgehead atoms. The Kier molecular flexibility index (Phi) is 2.72. The van der Waals surface area contributed by atoms with Crippen molar-refractivity contribution < 1.29 is 9.53 Å². The molecule has 0 unspecified atom stereocenters. The summed E-state index contributed by atoms with van der Waals surface area (Å²) in [5.41, 5.74) is 2.36. The number of carbonyl (C=O) groups is 1. The Bertz CT molecular complexity index is 517. The number of carbonyl (C=O) groups excluding carboxylic acids is 1. The minimum atomic E-state index is 0.602. The normalized spacial score (nSPS) is 10.1. The Morgan fingerprint density at radius 2 is 2.19 bits per heavy atom. The fraction of sp³-hybridized carbons (Fsp3) is 0.167. The maximum absolute atomic E-state index is 10.7. The predicted octanol–water partition coefficient (Wildman–Crippen LogP) is 2.00. The molecule has 0 saturated heterocycles. The minimum absolute atomic E-state index is 0.602. The maximum atomic E-state index is 10.7. The Balaban J connectivity index is 2.61. The van der Waals surface area contributed by atoms with Gasteiger partial charge in [0.05, 0.1) is 7.11 Å². The molecule has 16 heavy (non-hydrogen) atoms. The first-order valence-electron chi connectivity index (χ1n) is 4.90. The Morgan fingerprint density at radius 3 is 2.75 bits per heavy atom. The predicted molar refractivity (Wildman–Crippen MR) is 60.2 cm³/mol. The Labute approximate surface area is 93.5 Å². The highest BCUT2D eigenvalue weighted by atomic mass is 16.5. The van der Waals surface area contributed by atoms with Gasteiger partial charge in [0.1, 0.15) is 17.7 Å². The summed E-state index contributed by atoms with van der Waals surface area (Å²) in [5, 5.41) is 4.19. The molecule has 1 aromatic carbocycles. The van der Waals surface area contributed by atoms with Crippen LogP contribution >= 0.6 is 0 Å². The first-order chi connectivity index (χ1) is 7.76. The van der Waals surface area contributed by atoms with Crippen LogP contribution in [0.1, 0.15) is 16.1 Å². The van der Waals surface area contributed by atoms with Gasteiger partial charge in [-0.2, -0.15) is 5.10 Å². The zero-order valence-corrected chi connectivity index (χ0v) is 9.18. The second-order valence-electron chi connectivity index (χ2n) is 3.43. The van der Waals surface area contributed by atoms with Crippen LogP contribution < -0.4 is 4.74 Å². The monoisotopic (exact) mass is 216 g/mol. The molecule has 0 radical (unpaired) electrons. The number of methoxy groups -OCH3 is 1. The molecule has 0 aliphatic rings. The number of rotatable bonds is 3. The number of nitrogens with zero attached hydrogens (tertiary/aromatic N) is 2. The molecule has 0 aliphatic carbocycles. The molecule has 0 N–H and O–H groups in total. The van der Waals surface area contributed by atoms with E-state index >= 15 is 0 Å². The van der Waals surface area contributed by atoms with E-state index in [4.69, 9.17) is 4.74 Å². The van der Waals surface area contributed by atoms with Crippen molar-refractivity contribution in [3.8, 4) is 11.4 Å². The van der Waals surface area contributed by atoms with E-state index in [1.165, 1.54) is 0 Å². The Hall–Kier alpha value is -2.10. The van der Waals surface area contributed by atoms with Crippen molar-refractivity contribution in [3.05, 3.63) is 41.7 Å². The molecule has 1 aromatic heterocycles. The van der Waals surface area contributed by atoms with Gasteiger partial charge in [0.15, 0.2) is 0 Å². The summed E-state index contributed by atoms with van der Waals surface area (Å²) in [6.45, 7) is 1.94. The summed E-state index contributed by atoms with van der Waals surface area (Å²) in [5.74, 6) is 0.692. The van der Waals surface area contributed by atoms with Crippen LogP contribution in [-0.4, -0.2) is 23.2 Å². The highest BCUT2D eigenvalue weighted by Gasteiger charge is 2.08. The summed E-state index contributed by atoms with van der Waals surface area (Å²) >= 11 is 0. The van der Waals surface area contributed by atoms with Gasteiger partial charge in [-0.05, 0) is 31.2 Å². The topological polar surface area (TPSA) is 44.1 Å². The fourth-order valence-corrected chi connectivity index (χ4v) is 1.57. The van der Waals surface area contributed by atoms with E-state index in [1.807, 2.05) is 13.0 Å². The SMILES string of the molecule is COc1ccc(C=O)cc1-n1nccc1C. The van der Waals surface area contributed by atoms with Gasteiger partial charge in [-0.15, -0.1) is 0 Å². The first kappa shape index (κ1) is 10.4. The van der Waals surface area contributed by atoms with Crippen molar-refractivity contribution in [2.45, 2.75) is 6.92 Å². The lowest BCUT2D eigenvalue weighted by Gasteiger charge is -2.10. The van der Waals surface area contributed by atoms with Crippen LogP contribution in [0.4, 0.5) is 0 Å². The number of aromatic nitrogens is 2. The van der Waals surface area contributed by atoms with E-state index in [0.29, 0.717) is 11.3 Å². The quantitative estimate of drug-likeness (QED) is 0.737. The lowest BCUT2D eigenvalue weighted by atomic mass is 10.2. The molecule has 0 aliphatic heterocycles. The average Bonchev–Trinajstić information content (AvgIpc) is 2.74. The van der Waals surface area contributed by atoms with Crippen LogP contribution in [-0.2, 0) is 0 Å². The standard InChI is InChI=1S/C12H12N2O2/c1-9-5-6-13-14(9)11-7-10(8-15)3-4-12(11)16-2/h3-8H,1-2H3. The first-order valence-corrected chi connectivity index (χ1v) is 4.90. The van der Waals surface area contributed by atoms with Crippen molar-refractivity contribution in [2.75, 3.05) is 7.11 Å². The molecule has 0 atom stereocenters. The van der Waals surface area contributed by atoms with Gasteiger partial charge in [0, 0.05) is 17.5 Å². The molecule has 2 aromatic rings. The number of benzene rings is 1. The van der Waals surface area contributed by atoms with E-state index < -0.39 is 0 Å². The van der Waals surface area contributed by atoms with Crippen LogP contribution in [0.2, 0.25) is 0 Å². The van der Waals surface area contributed by atoms with Crippen molar-refractivity contribution in [1.82, 2.24) is 9.78 Å². The third-order valence-corrected chi connectivity index (χ3v) is 2.40. The molecule has 0 fully saturated rings. The van der Waals surface area contributed by atoms with Gasteiger partial charge in [-0.25, -0.2) is 4.68 Å². The van der Waals surface area contributed by atoms with E-state index in [2.05, 4.69) is 5.10 Å². The molecule has 2 rings (SSSR count). The summed E-state index contributed by atoms with van der Waals surface area (Å²) in [7, 11) is 1.60. The van der Waals surface area contributed by atoms with Gasteiger partial charge in [0.2, 0.25) is 0 Å². The third kappa shape index (κ3) is 1.69. The van der Waals surface area contributed by atoms with Crippen molar-refractivity contribution >= 4 is 6.29 Å². The molecule has 0 spiro atoms. The largest absolute Gasteiger partial charge is 0.494 e. The van der Waals surface area contributed by atoms with E-state index in [9.17, 15) is 4.79 Å². The van der Waals surface area contributed by atoms with Gasteiger partial charge < -0.3 is 4.74 Å². The van der Waals surface area contributed by atoms with Crippen molar-refractivity contribution in [2.24, 2.45) is 0 Å². The third-order valence-electron chi connectivity index (χ3n) is 2.40. The molecule has 4 nitrogen and oxygen atoms in total. The minimum Gasteiger partial charge on any atom is -0.494 e. The zero-order chi connectivity index (χ0) is 11.5. The van der Waals surface area contributed by atoms with Crippen LogP contribution in [0.25, 0.3) is 5.69 Å². The number of ether oxygens (including phenoxy) is 1. The van der Waals surface area contributed by atoms with Gasteiger partial charge in [-0.1, -0.05) is 0 Å². The number of aldehydes is 1. The Morgan fingerprint density at radius 1 is 1.38 bits per heavy atom. The van der Waals surface area contributed by atoms with Crippen LogP contribution in [0, 0.1) is 6.92 Å². The molecular weight excluding hydrogens is 204 g/mol. The molecule has 4 heteroatoms. The summed E-state index contributed by atoms with van der Waals surface area (Å²) in [4.78, 5) is 10.7. The van der Waals surface area contributed by atoms with E-state index in [-0.39, 0.29) is 0 Å². The van der Waals surface area contributed by atoms with Crippen molar-refractivity contribution in [3.63, 3.8) is 0 Å². The summed E-state index contributed by atoms with van der Waals surface area (Å²) in [6.07, 6.45) is 2.52. The highest BCUT2D eigenvalue weighted by molar-refractivity contribution is 5.77. The van der Waals surface area contributed by atoms with Crippen LogP contribution in [0.5, 0.6) is 5.75 Å². The number of hydrogen-bond donors (Lipinski definition) is 0. The lowest BCUT2D eigenvalue weighted by Crippen LogP contribution is -2.02. The van der Waals surface area contributed by atoms with Crippen LogP contribution in [0.3, 0.4) is 0 Å². The zero-order valence-electron chi connectivity index (χ0n) is 9.18. The van der Waals surface area contributed by atoms with E-state index in [1.54, 1.807) is 36.2 Å². The molecule has 0 amide bonds. The highest BCUT2D eigenvalue weighted by Crippen LogP contribution is 2.24. The molecule has 82 valence electrons. The summed E-state index contributed by atoms with van der Waals surface area (Å²) in [6, 6.07) is 7.13. The van der Waals surface area contributed by atoms with Crippen molar-refractivity contribution in [1.29, 1.82) is 0 Å². The van der Waals surface area contributed by atoms with Gasteiger partial charge in [0.25, 0.3) is 0 Å². The summed E-state index contributed by atoms with van der Waals surface area (Å²) < 4.78 is 6.99. The number of aryl methyl sites for hydroxylation is 1. The van der Waals surface area contributed by atoms with Gasteiger partial charge in [-0.3, -0.25) is 4.79 Å². The average molecular weight is 216 g/mol. The van der Waals surface area contributed by atoms with Crippen LogP contribution in [0.15, 0.2) is 30.5 Å². The van der Waals surface area contributed by atoms with Gasteiger partial charge >= 0.3 is 0 Å². The van der Waals surface area contributed by atoms with E-state index in [0.717, 1.165) is 17.7 Å².